The number of carbonyl (C=O) groups excluding carboxylic acids is 1. The minimum absolute atomic E-state index is 0. The lowest BCUT2D eigenvalue weighted by atomic mass is 10.5. The molecule has 0 aliphatic carbocycles. The maximum atomic E-state index is 9.98. The van der Waals surface area contributed by atoms with Gasteiger partial charge < -0.3 is 4.74 Å². The monoisotopic (exact) mass is 176 g/mol. The van der Waals surface area contributed by atoms with E-state index >= 15 is 0 Å². The Balaban J connectivity index is -0.0000000300. The SMILES string of the molecule is B.CCCOC(C)=O.F.F.F. The van der Waals surface area contributed by atoms with Crippen molar-refractivity contribution in [3.63, 3.8) is 0 Å². The molecule has 0 atom stereocenters. The van der Waals surface area contributed by atoms with Crippen LogP contribution < -0.4 is 0 Å². The molecule has 0 heterocycles. The maximum Gasteiger partial charge on any atom is 0.302 e. The minimum atomic E-state index is -0.193. The first kappa shape index (κ1) is 31.7. The molecule has 0 aromatic carbocycles. The molecule has 0 N–H and O–H groups in total. The number of rotatable bonds is 2. The minimum Gasteiger partial charge on any atom is -0.466 e. The highest BCUT2D eigenvalue weighted by molar-refractivity contribution is 5.75. The van der Waals surface area contributed by atoms with Crippen LogP contribution in [0.1, 0.15) is 20.3 Å². The fourth-order valence-corrected chi connectivity index (χ4v) is 0.246. The lowest BCUT2D eigenvalue weighted by Gasteiger charge is -1.93. The van der Waals surface area contributed by atoms with Gasteiger partial charge in [0.25, 0.3) is 0 Å². The largest absolute Gasteiger partial charge is 0.466 e. The summed E-state index contributed by atoms with van der Waals surface area (Å²) in [6.45, 7) is 3.92. The summed E-state index contributed by atoms with van der Waals surface area (Å²) < 4.78 is 4.55. The number of hydrogen-bond donors (Lipinski definition) is 0. The predicted octanol–water partition coefficient (Wildman–Crippen LogP) is 0.233. The van der Waals surface area contributed by atoms with Gasteiger partial charge in [-0.15, -0.1) is 0 Å². The Morgan fingerprint density at radius 1 is 1.27 bits per heavy atom. The second-order valence-electron chi connectivity index (χ2n) is 1.34. The van der Waals surface area contributed by atoms with Crippen LogP contribution in [0.5, 0.6) is 0 Å². The summed E-state index contributed by atoms with van der Waals surface area (Å²) in [5.74, 6) is -0.193. The fraction of sp³-hybridized carbons (Fsp3) is 0.800. The predicted molar refractivity (Wildman–Crippen MR) is 44.4 cm³/mol. The van der Waals surface area contributed by atoms with Crippen LogP contribution in [0.4, 0.5) is 14.1 Å². The first-order valence-electron chi connectivity index (χ1n) is 2.40. The van der Waals surface area contributed by atoms with E-state index in [0.29, 0.717) is 6.61 Å². The van der Waals surface area contributed by atoms with E-state index in [1.807, 2.05) is 6.92 Å². The number of hydrogen-bond acceptors (Lipinski definition) is 2. The Morgan fingerprint density at radius 3 is 1.73 bits per heavy atom. The third-order valence-electron chi connectivity index (χ3n) is 0.509. The van der Waals surface area contributed by atoms with Gasteiger partial charge in [-0.05, 0) is 6.42 Å². The molecule has 0 fully saturated rings. The molecule has 72 valence electrons. The molecular weight excluding hydrogens is 160 g/mol. The Bertz CT molecular complexity index is 72.7. The Morgan fingerprint density at radius 2 is 1.64 bits per heavy atom. The van der Waals surface area contributed by atoms with Gasteiger partial charge >= 0.3 is 5.97 Å². The van der Waals surface area contributed by atoms with E-state index < -0.39 is 0 Å². The average Bonchev–Trinajstić information content (AvgIpc) is 1.61. The zero-order chi connectivity index (χ0) is 5.70. The lowest BCUT2D eigenvalue weighted by Crippen LogP contribution is -1.98. The zero-order valence-electron chi connectivity index (χ0n) is 5.96. The van der Waals surface area contributed by atoms with Crippen molar-refractivity contribution in [2.45, 2.75) is 20.3 Å². The topological polar surface area (TPSA) is 26.3 Å². The highest BCUT2D eigenvalue weighted by Crippen LogP contribution is 1.78. The van der Waals surface area contributed by atoms with Gasteiger partial charge in [0.05, 0.1) is 15.0 Å². The van der Waals surface area contributed by atoms with E-state index in [2.05, 4.69) is 4.74 Å². The first-order valence-corrected chi connectivity index (χ1v) is 2.40. The summed E-state index contributed by atoms with van der Waals surface area (Å²) in [5.41, 5.74) is 0. The van der Waals surface area contributed by atoms with Gasteiger partial charge in [0.2, 0.25) is 0 Å². The van der Waals surface area contributed by atoms with Crippen molar-refractivity contribution in [2.24, 2.45) is 0 Å². The standard InChI is InChI=1S/C5H10O2.BH3.3FH/c1-3-4-7-5(2)6;;;;/h3-4H2,1-2H3;1H3;3*1H. The Labute approximate surface area is 66.0 Å². The van der Waals surface area contributed by atoms with Crippen molar-refractivity contribution in [2.75, 3.05) is 6.61 Å². The molecule has 0 amide bonds. The van der Waals surface area contributed by atoms with Gasteiger partial charge in [-0.1, -0.05) is 6.92 Å². The molecule has 0 aromatic rings. The van der Waals surface area contributed by atoms with Gasteiger partial charge in [-0.3, -0.25) is 18.9 Å². The molecule has 0 aliphatic rings. The molecule has 0 bridgehead atoms. The summed E-state index contributed by atoms with van der Waals surface area (Å²) in [5, 5.41) is 0. The normalized spacial score (nSPS) is 5.27. The third-order valence-corrected chi connectivity index (χ3v) is 0.509. The Hall–Kier alpha value is -0.675. The molecule has 0 radical (unpaired) electrons. The number of carbonyl (C=O) groups is 1. The summed E-state index contributed by atoms with van der Waals surface area (Å²) in [6.07, 6.45) is 0.902. The van der Waals surface area contributed by atoms with E-state index in [0.717, 1.165) is 6.42 Å². The molecule has 0 unspecified atom stereocenters. The quantitative estimate of drug-likeness (QED) is 0.444. The second-order valence-corrected chi connectivity index (χ2v) is 1.34. The van der Waals surface area contributed by atoms with E-state index in [-0.39, 0.29) is 28.5 Å². The van der Waals surface area contributed by atoms with Crippen LogP contribution in [0, 0.1) is 0 Å². The molecule has 0 saturated heterocycles. The zero-order valence-corrected chi connectivity index (χ0v) is 5.96. The number of halogens is 3. The van der Waals surface area contributed by atoms with Crippen molar-refractivity contribution < 1.29 is 23.6 Å². The summed E-state index contributed by atoms with van der Waals surface area (Å²) in [4.78, 5) is 9.98. The van der Waals surface area contributed by atoms with Crippen LogP contribution in [-0.4, -0.2) is 21.0 Å². The molecule has 0 aromatic heterocycles. The van der Waals surface area contributed by atoms with Crippen LogP contribution in [-0.2, 0) is 9.53 Å². The summed E-state index contributed by atoms with van der Waals surface area (Å²) in [6, 6.07) is 0. The van der Waals surface area contributed by atoms with Crippen molar-refractivity contribution in [3.8, 4) is 0 Å². The van der Waals surface area contributed by atoms with E-state index in [1.54, 1.807) is 0 Å². The molecule has 0 spiro atoms. The number of ether oxygens (including phenoxy) is 1. The first-order chi connectivity index (χ1) is 3.27. The van der Waals surface area contributed by atoms with Crippen molar-refractivity contribution >= 4 is 14.4 Å². The van der Waals surface area contributed by atoms with E-state index in [9.17, 15) is 4.79 Å². The summed E-state index contributed by atoms with van der Waals surface area (Å²) >= 11 is 0. The van der Waals surface area contributed by atoms with Gasteiger partial charge in [0, 0.05) is 6.92 Å². The van der Waals surface area contributed by atoms with Gasteiger partial charge in [0.1, 0.15) is 0 Å². The van der Waals surface area contributed by atoms with E-state index in [1.165, 1.54) is 6.92 Å². The lowest BCUT2D eigenvalue weighted by molar-refractivity contribution is -0.140. The maximum absolute atomic E-state index is 9.98. The van der Waals surface area contributed by atoms with Crippen molar-refractivity contribution in [1.82, 2.24) is 0 Å². The third kappa shape index (κ3) is 45.3. The fourth-order valence-electron chi connectivity index (χ4n) is 0.246. The second kappa shape index (κ2) is 22.8. The van der Waals surface area contributed by atoms with Gasteiger partial charge in [0.15, 0.2) is 0 Å². The van der Waals surface area contributed by atoms with Crippen molar-refractivity contribution in [1.29, 1.82) is 0 Å². The highest BCUT2D eigenvalue weighted by Gasteiger charge is 1.85. The van der Waals surface area contributed by atoms with Crippen molar-refractivity contribution in [3.05, 3.63) is 0 Å². The highest BCUT2D eigenvalue weighted by atomic mass is 19.0. The molecule has 0 rings (SSSR count). The van der Waals surface area contributed by atoms with Crippen LogP contribution >= 0.6 is 0 Å². The van der Waals surface area contributed by atoms with Crippen LogP contribution in [0.15, 0.2) is 0 Å². The van der Waals surface area contributed by atoms with Gasteiger partial charge in [-0.2, -0.15) is 0 Å². The molecule has 0 saturated carbocycles. The van der Waals surface area contributed by atoms with E-state index in [4.69, 9.17) is 0 Å². The smallest absolute Gasteiger partial charge is 0.302 e. The van der Waals surface area contributed by atoms with Crippen LogP contribution in [0.3, 0.4) is 0 Å². The summed E-state index contributed by atoms with van der Waals surface area (Å²) in [7, 11) is 0. The average molecular weight is 176 g/mol. The number of esters is 1. The molecule has 11 heavy (non-hydrogen) atoms. The Kier molecular flexibility index (Phi) is 65.6. The van der Waals surface area contributed by atoms with Crippen LogP contribution in [0.2, 0.25) is 0 Å². The molecule has 6 heteroatoms. The van der Waals surface area contributed by atoms with Gasteiger partial charge in [-0.25, -0.2) is 0 Å². The molecule has 0 aliphatic heterocycles. The van der Waals surface area contributed by atoms with Crippen LogP contribution in [0.25, 0.3) is 0 Å². The molecule has 2 nitrogen and oxygen atoms in total. The molecular formula is C5H16BF3O2.